The first-order valence-electron chi connectivity index (χ1n) is 14.9. The molecule has 2 heterocycles. The molecule has 0 unspecified atom stereocenters. The minimum Gasteiger partial charge on any atom is -0.332 e. The van der Waals surface area contributed by atoms with Crippen molar-refractivity contribution in [2.75, 3.05) is 6.54 Å². The lowest BCUT2D eigenvalue weighted by atomic mass is 9.85. The fourth-order valence-corrected chi connectivity index (χ4v) is 7.06. The van der Waals surface area contributed by atoms with Crippen LogP contribution < -0.4 is 0 Å². The van der Waals surface area contributed by atoms with Crippen LogP contribution in [0.3, 0.4) is 0 Å². The minimum atomic E-state index is -0.419. The van der Waals surface area contributed by atoms with Crippen molar-refractivity contribution in [1.82, 2.24) is 14.8 Å². The molecule has 0 N–H and O–H groups in total. The van der Waals surface area contributed by atoms with E-state index in [-0.39, 0.29) is 37.8 Å². The Balaban J connectivity index is 0.00000329. The maximum atomic E-state index is 14.9. The molecule has 4 aromatic carbocycles. The Morgan fingerprint density at radius 3 is 2.28 bits per heavy atom. The van der Waals surface area contributed by atoms with Crippen molar-refractivity contribution in [1.29, 1.82) is 0 Å². The highest BCUT2D eigenvalue weighted by atomic mass is 19.1. The molecular weight excluding hydrogens is 533 g/mol. The Morgan fingerprint density at radius 2 is 1.51 bits per heavy atom. The molecule has 1 aliphatic heterocycles. The number of carbonyl (C=O) groups is 1. The van der Waals surface area contributed by atoms with Gasteiger partial charge in [0, 0.05) is 18.8 Å². The van der Waals surface area contributed by atoms with Gasteiger partial charge >= 0.3 is 0 Å². The van der Waals surface area contributed by atoms with Gasteiger partial charge in [-0.3, -0.25) is 14.7 Å². The van der Waals surface area contributed by atoms with Crippen LogP contribution in [0.2, 0.25) is 0 Å². The third-order valence-corrected chi connectivity index (χ3v) is 9.20. The molecule has 5 heteroatoms. The summed E-state index contributed by atoms with van der Waals surface area (Å²) in [5.74, 6) is -0.360. The summed E-state index contributed by atoms with van der Waals surface area (Å²) in [6, 6.07) is 34.4. The average Bonchev–Trinajstić information content (AvgIpc) is 3.47. The number of pyridine rings is 1. The number of fused-ring (bicyclic) bond motifs is 3. The summed E-state index contributed by atoms with van der Waals surface area (Å²) in [5, 5.41) is 2.39. The maximum absolute atomic E-state index is 14.9. The summed E-state index contributed by atoms with van der Waals surface area (Å²) < 4.78 is 14.9. The molecule has 4 nitrogen and oxygen atoms in total. The van der Waals surface area contributed by atoms with Gasteiger partial charge in [0.15, 0.2) is 0 Å². The van der Waals surface area contributed by atoms with E-state index in [4.69, 9.17) is 0 Å². The summed E-state index contributed by atoms with van der Waals surface area (Å²) in [7, 11) is 0. The number of rotatable bonds is 6. The van der Waals surface area contributed by atoms with Gasteiger partial charge in [0.05, 0.1) is 24.3 Å². The quantitative estimate of drug-likeness (QED) is 0.211. The summed E-state index contributed by atoms with van der Waals surface area (Å²) in [5.41, 5.74) is 6.60. The van der Waals surface area contributed by atoms with Crippen molar-refractivity contribution in [3.8, 4) is 0 Å². The number of amides is 1. The van der Waals surface area contributed by atoms with E-state index in [9.17, 15) is 9.18 Å². The molecule has 7 rings (SSSR count). The Morgan fingerprint density at radius 1 is 0.860 bits per heavy atom. The number of hydrogen-bond acceptors (Lipinski definition) is 3. The molecule has 5 aromatic rings. The van der Waals surface area contributed by atoms with E-state index in [1.165, 1.54) is 44.7 Å². The van der Waals surface area contributed by atoms with Crippen molar-refractivity contribution in [3.05, 3.63) is 149 Å². The Kier molecular flexibility index (Phi) is 8.09. The Bertz CT molecular complexity index is 1740. The summed E-state index contributed by atoms with van der Waals surface area (Å²) in [6.07, 6.45) is 4.00. The molecule has 0 bridgehead atoms. The van der Waals surface area contributed by atoms with E-state index < -0.39 is 6.04 Å². The average molecular weight is 572 g/mol. The smallest absolute Gasteiger partial charge is 0.240 e. The van der Waals surface area contributed by atoms with Crippen LogP contribution in [0.4, 0.5) is 4.39 Å². The van der Waals surface area contributed by atoms with Crippen LogP contribution in [-0.2, 0) is 30.6 Å². The lowest BCUT2D eigenvalue weighted by molar-refractivity contribution is -0.140. The molecule has 0 fully saturated rings. The number of carbonyl (C=O) groups excluding carboxylic acids is 1. The van der Waals surface area contributed by atoms with E-state index >= 15 is 0 Å². The van der Waals surface area contributed by atoms with E-state index in [1.54, 1.807) is 12.3 Å². The largest absolute Gasteiger partial charge is 0.332 e. The van der Waals surface area contributed by atoms with Gasteiger partial charge in [-0.25, -0.2) is 4.39 Å². The Hall–Kier alpha value is -4.35. The van der Waals surface area contributed by atoms with Crippen LogP contribution in [0.1, 0.15) is 53.9 Å². The molecule has 1 amide bonds. The number of halogens is 1. The van der Waals surface area contributed by atoms with Gasteiger partial charge in [-0.15, -0.1) is 0 Å². The third-order valence-electron chi connectivity index (χ3n) is 9.20. The monoisotopic (exact) mass is 571 g/mol. The fourth-order valence-electron chi connectivity index (χ4n) is 7.06. The molecule has 0 spiro atoms. The summed E-state index contributed by atoms with van der Waals surface area (Å²) in [6.45, 7) is 2.94. The second-order valence-corrected chi connectivity index (χ2v) is 11.6. The van der Waals surface area contributed by atoms with Gasteiger partial charge in [-0.2, -0.15) is 0 Å². The first-order chi connectivity index (χ1) is 20.6. The first-order valence-corrected chi connectivity index (χ1v) is 14.9. The second-order valence-electron chi connectivity index (χ2n) is 11.6. The molecule has 0 saturated carbocycles. The molecule has 2 aliphatic rings. The van der Waals surface area contributed by atoms with Gasteiger partial charge in [0.25, 0.3) is 0 Å². The standard InChI is InChI=1S/C37H34FN3O.CH4/c1-25(37(42)41(24-35-34(38)18-9-20-39-35)30-22-28-12-2-3-13-29(28)23-30)40-21-19-27-11-5-7-16-32(27)36(40)33-17-8-14-26-10-4-6-15-31(26)33;/h2-18,20,25,30,36H,19,21-24H2,1H3;1H4/t25-,36+;/m0./s1. The second kappa shape index (κ2) is 12.1. The van der Waals surface area contributed by atoms with Gasteiger partial charge in [-0.1, -0.05) is 98.4 Å². The van der Waals surface area contributed by atoms with E-state index in [0.717, 1.165) is 25.8 Å². The highest BCUT2D eigenvalue weighted by molar-refractivity contribution is 5.87. The number of benzene rings is 4. The predicted molar refractivity (Wildman–Crippen MR) is 171 cm³/mol. The Labute approximate surface area is 253 Å². The van der Waals surface area contributed by atoms with Crippen molar-refractivity contribution in [2.45, 2.75) is 58.3 Å². The number of aromatic nitrogens is 1. The van der Waals surface area contributed by atoms with E-state index in [1.807, 2.05) is 24.0 Å². The van der Waals surface area contributed by atoms with Gasteiger partial charge in [0.2, 0.25) is 5.91 Å². The number of nitrogens with zero attached hydrogens (tertiary/aromatic N) is 3. The van der Waals surface area contributed by atoms with Gasteiger partial charge in [-0.05, 0) is 76.9 Å². The van der Waals surface area contributed by atoms with Crippen LogP contribution in [0.15, 0.2) is 109 Å². The van der Waals surface area contributed by atoms with Gasteiger partial charge in [0.1, 0.15) is 5.82 Å². The maximum Gasteiger partial charge on any atom is 0.240 e. The van der Waals surface area contributed by atoms with Crippen molar-refractivity contribution < 1.29 is 9.18 Å². The van der Waals surface area contributed by atoms with E-state index in [0.29, 0.717) is 5.69 Å². The molecule has 218 valence electrons. The van der Waals surface area contributed by atoms with Crippen molar-refractivity contribution in [2.24, 2.45) is 0 Å². The van der Waals surface area contributed by atoms with Gasteiger partial charge < -0.3 is 4.90 Å². The highest BCUT2D eigenvalue weighted by Gasteiger charge is 2.39. The van der Waals surface area contributed by atoms with Crippen molar-refractivity contribution in [3.63, 3.8) is 0 Å². The normalized spacial score (nSPS) is 17.1. The van der Waals surface area contributed by atoms with Crippen LogP contribution >= 0.6 is 0 Å². The molecular formula is C38H38FN3O. The van der Waals surface area contributed by atoms with E-state index in [2.05, 4.69) is 88.7 Å². The number of hydrogen-bond donors (Lipinski definition) is 0. The fraction of sp³-hybridized carbons (Fsp3) is 0.263. The minimum absolute atomic E-state index is 0. The molecule has 2 atom stereocenters. The molecule has 0 saturated heterocycles. The lowest BCUT2D eigenvalue weighted by Crippen LogP contribution is -2.53. The first kappa shape index (κ1) is 28.8. The van der Waals surface area contributed by atoms with Crippen molar-refractivity contribution >= 4 is 16.7 Å². The van der Waals surface area contributed by atoms with Crippen LogP contribution in [-0.4, -0.2) is 39.3 Å². The zero-order valence-corrected chi connectivity index (χ0v) is 23.8. The third kappa shape index (κ3) is 5.34. The molecule has 43 heavy (non-hydrogen) atoms. The van der Waals surface area contributed by atoms with Crippen LogP contribution in [0, 0.1) is 5.82 Å². The predicted octanol–water partition coefficient (Wildman–Crippen LogP) is 7.54. The summed E-state index contributed by atoms with van der Waals surface area (Å²) in [4.78, 5) is 23.3. The molecule has 1 aromatic heterocycles. The topological polar surface area (TPSA) is 36.4 Å². The molecule has 1 aliphatic carbocycles. The molecule has 0 radical (unpaired) electrons. The van der Waals surface area contributed by atoms with Crippen LogP contribution in [0.25, 0.3) is 10.8 Å². The zero-order chi connectivity index (χ0) is 28.6. The van der Waals surface area contributed by atoms with Crippen LogP contribution in [0.5, 0.6) is 0 Å². The lowest BCUT2D eigenvalue weighted by Gasteiger charge is -2.43. The summed E-state index contributed by atoms with van der Waals surface area (Å²) >= 11 is 0. The SMILES string of the molecule is C.C[C@@H](C(=O)N(Cc1ncccc1F)C1Cc2ccccc2C1)N1CCc2ccccc2[C@@H]1c1cccc2ccccc12. The highest BCUT2D eigenvalue weighted by Crippen LogP contribution is 2.40. The zero-order valence-electron chi connectivity index (χ0n) is 23.8.